The molecule has 0 unspecified atom stereocenters. The van der Waals surface area contributed by atoms with Gasteiger partial charge in [0.2, 0.25) is 0 Å². The van der Waals surface area contributed by atoms with E-state index < -0.39 is 11.8 Å². The zero-order valence-corrected chi connectivity index (χ0v) is 14.1. The summed E-state index contributed by atoms with van der Waals surface area (Å²) >= 11 is 2.21. The highest BCUT2D eigenvalue weighted by Gasteiger charge is 2.13. The Hall–Kier alpha value is -1.11. The van der Waals surface area contributed by atoms with Crippen molar-refractivity contribution in [2.24, 2.45) is 0 Å². The number of carbonyl (C=O) groups excluding carboxylic acids is 2. The van der Waals surface area contributed by atoms with E-state index in [1.807, 2.05) is 25.1 Å². The number of nitrogens with one attached hydrogen (secondary N) is 2. The van der Waals surface area contributed by atoms with Crippen molar-refractivity contribution in [3.8, 4) is 0 Å². The minimum atomic E-state index is -0.607. The fourth-order valence-electron chi connectivity index (χ4n) is 1.78. The molecule has 0 bridgehead atoms. The average molecular weight is 388 g/mol. The number of unbranched alkanes of at least 4 members (excludes halogenated alkanes) is 3. The van der Waals surface area contributed by atoms with E-state index in [1.165, 1.54) is 0 Å². The van der Waals surface area contributed by atoms with Crippen molar-refractivity contribution in [2.75, 3.05) is 11.9 Å². The summed E-state index contributed by atoms with van der Waals surface area (Å²) in [5.74, 6) is -1.18. The summed E-state index contributed by atoms with van der Waals surface area (Å²) in [5.41, 5.74) is 1.62. The van der Waals surface area contributed by atoms with Crippen molar-refractivity contribution in [2.45, 2.75) is 39.5 Å². The fraction of sp³-hybridized carbons (Fsp3) is 0.467. The minimum Gasteiger partial charge on any atom is -0.348 e. The highest BCUT2D eigenvalue weighted by atomic mass is 127. The second-order valence-electron chi connectivity index (χ2n) is 4.73. The van der Waals surface area contributed by atoms with E-state index in [0.717, 1.165) is 34.8 Å². The van der Waals surface area contributed by atoms with E-state index in [0.29, 0.717) is 12.2 Å². The second-order valence-corrected chi connectivity index (χ2v) is 5.98. The Labute approximate surface area is 133 Å². The minimum absolute atomic E-state index is 0.553. The highest BCUT2D eigenvalue weighted by Crippen LogP contribution is 2.17. The molecule has 0 saturated carbocycles. The van der Waals surface area contributed by atoms with E-state index >= 15 is 0 Å². The molecule has 4 nitrogen and oxygen atoms in total. The van der Waals surface area contributed by atoms with Gasteiger partial charge in [-0.1, -0.05) is 26.2 Å². The van der Waals surface area contributed by atoms with Crippen molar-refractivity contribution < 1.29 is 9.59 Å². The van der Waals surface area contributed by atoms with Gasteiger partial charge in [0.05, 0.1) is 0 Å². The largest absolute Gasteiger partial charge is 0.348 e. The smallest absolute Gasteiger partial charge is 0.313 e. The van der Waals surface area contributed by atoms with E-state index in [4.69, 9.17) is 0 Å². The van der Waals surface area contributed by atoms with Crippen molar-refractivity contribution in [1.29, 1.82) is 0 Å². The van der Waals surface area contributed by atoms with Crippen LogP contribution in [0.4, 0.5) is 5.69 Å². The number of anilines is 1. The van der Waals surface area contributed by atoms with Crippen LogP contribution in [0.15, 0.2) is 18.2 Å². The summed E-state index contributed by atoms with van der Waals surface area (Å²) in [5, 5.41) is 5.27. The molecule has 0 fully saturated rings. The fourth-order valence-corrected chi connectivity index (χ4v) is 2.43. The maximum absolute atomic E-state index is 11.7. The van der Waals surface area contributed by atoms with E-state index in [9.17, 15) is 9.59 Å². The van der Waals surface area contributed by atoms with Gasteiger partial charge in [0.25, 0.3) is 0 Å². The number of hydrogen-bond donors (Lipinski definition) is 2. The van der Waals surface area contributed by atoms with Crippen LogP contribution in [0.25, 0.3) is 0 Å². The van der Waals surface area contributed by atoms with E-state index in [2.05, 4.69) is 40.1 Å². The Bertz CT molecular complexity index is 475. The number of benzene rings is 1. The molecule has 5 heteroatoms. The lowest BCUT2D eigenvalue weighted by Gasteiger charge is -2.09. The molecule has 0 saturated heterocycles. The van der Waals surface area contributed by atoms with Gasteiger partial charge in [0.1, 0.15) is 0 Å². The first kappa shape index (κ1) is 16.9. The zero-order chi connectivity index (χ0) is 15.0. The van der Waals surface area contributed by atoms with Crippen LogP contribution in [0.5, 0.6) is 0 Å². The van der Waals surface area contributed by atoms with Gasteiger partial charge in [0, 0.05) is 15.8 Å². The second kappa shape index (κ2) is 8.94. The molecule has 0 aromatic heterocycles. The van der Waals surface area contributed by atoms with Crippen LogP contribution in [0.3, 0.4) is 0 Å². The molecule has 0 aliphatic heterocycles. The molecule has 20 heavy (non-hydrogen) atoms. The molecular weight excluding hydrogens is 367 g/mol. The molecular formula is C15H21IN2O2. The lowest BCUT2D eigenvalue weighted by atomic mass is 10.2. The van der Waals surface area contributed by atoms with Crippen molar-refractivity contribution in [1.82, 2.24) is 5.32 Å². The molecule has 0 radical (unpaired) electrons. The molecule has 1 aromatic carbocycles. The SMILES string of the molecule is CCCCCCNC(=O)C(=O)Nc1ccc(I)cc1C. The van der Waals surface area contributed by atoms with Gasteiger partial charge >= 0.3 is 11.8 Å². The third-order valence-corrected chi connectivity index (χ3v) is 3.63. The zero-order valence-electron chi connectivity index (χ0n) is 12.0. The summed E-state index contributed by atoms with van der Waals surface area (Å²) in [4.78, 5) is 23.4. The van der Waals surface area contributed by atoms with Crippen LogP contribution in [0.1, 0.15) is 38.2 Å². The maximum Gasteiger partial charge on any atom is 0.313 e. The molecule has 110 valence electrons. The Balaban J connectivity index is 2.39. The van der Waals surface area contributed by atoms with E-state index in [-0.39, 0.29) is 0 Å². The van der Waals surface area contributed by atoms with Crippen LogP contribution < -0.4 is 10.6 Å². The lowest BCUT2D eigenvalue weighted by Crippen LogP contribution is -2.36. The molecule has 0 spiro atoms. The first-order valence-electron chi connectivity index (χ1n) is 6.90. The molecule has 2 amide bonds. The molecule has 0 aliphatic carbocycles. The van der Waals surface area contributed by atoms with Crippen LogP contribution in [-0.4, -0.2) is 18.4 Å². The van der Waals surface area contributed by atoms with Crippen molar-refractivity contribution in [3.05, 3.63) is 27.3 Å². The van der Waals surface area contributed by atoms with Gasteiger partial charge < -0.3 is 10.6 Å². The molecule has 0 atom stereocenters. The van der Waals surface area contributed by atoms with Gasteiger partial charge in [-0.2, -0.15) is 0 Å². The average Bonchev–Trinajstić information content (AvgIpc) is 2.41. The van der Waals surface area contributed by atoms with E-state index in [1.54, 1.807) is 0 Å². The Morgan fingerprint density at radius 1 is 1.15 bits per heavy atom. The van der Waals surface area contributed by atoms with Crippen LogP contribution >= 0.6 is 22.6 Å². The van der Waals surface area contributed by atoms with Gasteiger partial charge in [0.15, 0.2) is 0 Å². The first-order chi connectivity index (χ1) is 9.54. The van der Waals surface area contributed by atoms with Crippen LogP contribution in [0, 0.1) is 10.5 Å². The quantitative estimate of drug-likeness (QED) is 0.447. The van der Waals surface area contributed by atoms with Gasteiger partial charge in [-0.15, -0.1) is 0 Å². The standard InChI is InChI=1S/C15H21IN2O2/c1-3-4-5-6-9-17-14(19)15(20)18-13-8-7-12(16)10-11(13)2/h7-8,10H,3-6,9H2,1-2H3,(H,17,19)(H,18,20). The number of halogens is 1. The number of amides is 2. The van der Waals surface area contributed by atoms with Gasteiger partial charge in [-0.05, 0) is 59.7 Å². The Kier molecular flexibility index (Phi) is 7.58. The van der Waals surface area contributed by atoms with Gasteiger partial charge in [-0.3, -0.25) is 9.59 Å². The third-order valence-electron chi connectivity index (χ3n) is 2.96. The van der Waals surface area contributed by atoms with Crippen molar-refractivity contribution in [3.63, 3.8) is 0 Å². The topological polar surface area (TPSA) is 58.2 Å². The highest BCUT2D eigenvalue weighted by molar-refractivity contribution is 14.1. The normalized spacial score (nSPS) is 10.2. The van der Waals surface area contributed by atoms with Crippen LogP contribution in [0.2, 0.25) is 0 Å². The summed E-state index contributed by atoms with van der Waals surface area (Å²) in [6, 6.07) is 5.66. The number of hydrogen-bond acceptors (Lipinski definition) is 2. The van der Waals surface area contributed by atoms with Crippen LogP contribution in [-0.2, 0) is 9.59 Å². The summed E-state index contributed by atoms with van der Waals surface area (Å²) in [7, 11) is 0. The Morgan fingerprint density at radius 3 is 2.55 bits per heavy atom. The summed E-state index contributed by atoms with van der Waals surface area (Å²) < 4.78 is 1.10. The predicted octanol–water partition coefficient (Wildman–Crippen LogP) is 3.23. The Morgan fingerprint density at radius 2 is 1.90 bits per heavy atom. The molecule has 1 aromatic rings. The van der Waals surface area contributed by atoms with Crippen molar-refractivity contribution >= 4 is 40.1 Å². The molecule has 0 heterocycles. The molecule has 1 rings (SSSR count). The monoisotopic (exact) mass is 388 g/mol. The maximum atomic E-state index is 11.7. The number of rotatable bonds is 6. The summed E-state index contributed by atoms with van der Waals surface area (Å²) in [6.07, 6.45) is 4.30. The first-order valence-corrected chi connectivity index (χ1v) is 7.97. The number of carbonyl (C=O) groups is 2. The number of aryl methyl sites for hydroxylation is 1. The predicted molar refractivity (Wildman–Crippen MR) is 89.7 cm³/mol. The van der Waals surface area contributed by atoms with Gasteiger partial charge in [-0.25, -0.2) is 0 Å². The molecule has 2 N–H and O–H groups in total. The third kappa shape index (κ3) is 5.90. The molecule has 0 aliphatic rings. The lowest BCUT2D eigenvalue weighted by molar-refractivity contribution is -0.136. The summed E-state index contributed by atoms with van der Waals surface area (Å²) in [6.45, 7) is 4.59.